The van der Waals surface area contributed by atoms with E-state index in [0.717, 1.165) is 24.2 Å². The fraction of sp³-hybridized carbons (Fsp3) is 0.105. The first-order valence-corrected chi connectivity index (χ1v) is 8.39. The van der Waals surface area contributed by atoms with Gasteiger partial charge in [-0.25, -0.2) is 0 Å². The van der Waals surface area contributed by atoms with E-state index in [9.17, 15) is 0 Å². The number of hydrogen-bond acceptors (Lipinski definition) is 4. The lowest BCUT2D eigenvalue weighted by Crippen LogP contribution is -1.96. The van der Waals surface area contributed by atoms with E-state index in [2.05, 4.69) is 45.3 Å². The molecule has 0 aliphatic carbocycles. The van der Waals surface area contributed by atoms with Gasteiger partial charge >= 0.3 is 0 Å². The van der Waals surface area contributed by atoms with Crippen LogP contribution in [0, 0.1) is 0 Å². The average Bonchev–Trinajstić information content (AvgIpc) is 3.05. The van der Waals surface area contributed by atoms with Crippen LogP contribution in [-0.4, -0.2) is 15.0 Å². The third-order valence-electron chi connectivity index (χ3n) is 3.80. The Morgan fingerprint density at radius 1 is 0.870 bits per heavy atom. The number of thiophene rings is 1. The van der Waals surface area contributed by atoms with Crippen LogP contribution >= 0.6 is 11.3 Å². The molecular weight excluding hydrogens is 302 g/mol. The van der Waals surface area contributed by atoms with Gasteiger partial charge in [-0.05, 0) is 48.1 Å². The topological polar surface area (TPSA) is 38.7 Å². The zero-order valence-electron chi connectivity index (χ0n) is 12.5. The summed E-state index contributed by atoms with van der Waals surface area (Å²) < 4.78 is 1.28. The van der Waals surface area contributed by atoms with Crippen LogP contribution in [-0.2, 0) is 12.8 Å². The minimum absolute atomic E-state index is 0.893. The molecule has 4 heteroatoms. The Morgan fingerprint density at radius 3 is 2.52 bits per heavy atom. The molecule has 3 heterocycles. The van der Waals surface area contributed by atoms with Gasteiger partial charge < -0.3 is 0 Å². The third-order valence-corrected chi connectivity index (χ3v) is 4.94. The maximum Gasteiger partial charge on any atom is 0.0985 e. The van der Waals surface area contributed by atoms with Crippen molar-refractivity contribution in [1.82, 2.24) is 15.0 Å². The fourth-order valence-corrected chi connectivity index (χ4v) is 3.57. The van der Waals surface area contributed by atoms with Crippen LogP contribution in [0.5, 0.6) is 0 Å². The summed E-state index contributed by atoms with van der Waals surface area (Å²) >= 11 is 1.76. The second kappa shape index (κ2) is 6.26. The summed E-state index contributed by atoms with van der Waals surface area (Å²) in [5.41, 5.74) is 3.24. The van der Waals surface area contributed by atoms with Gasteiger partial charge in [0.1, 0.15) is 0 Å². The number of fused-ring (bicyclic) bond motifs is 1. The standard InChI is InChI=1S/C19H15N3S/c1-2-4-18-15(3-1)11-19(23-18)17-13-21-16(12-22-17)6-5-14-7-9-20-10-8-14/h1-4,7-13H,5-6H2. The van der Waals surface area contributed by atoms with Crippen LogP contribution in [0.1, 0.15) is 11.3 Å². The summed E-state index contributed by atoms with van der Waals surface area (Å²) in [6, 6.07) is 14.7. The van der Waals surface area contributed by atoms with Gasteiger partial charge in [0.05, 0.1) is 22.5 Å². The second-order valence-electron chi connectivity index (χ2n) is 5.40. The minimum Gasteiger partial charge on any atom is -0.265 e. The first-order valence-electron chi connectivity index (χ1n) is 7.57. The molecule has 0 fully saturated rings. The molecule has 0 N–H and O–H groups in total. The quantitative estimate of drug-likeness (QED) is 0.555. The first kappa shape index (κ1) is 14.0. The first-order chi connectivity index (χ1) is 11.4. The van der Waals surface area contributed by atoms with Crippen LogP contribution in [0.4, 0.5) is 0 Å². The highest BCUT2D eigenvalue weighted by Gasteiger charge is 2.06. The molecule has 4 aromatic rings. The maximum atomic E-state index is 4.59. The Balaban J connectivity index is 1.51. The molecule has 23 heavy (non-hydrogen) atoms. The van der Waals surface area contributed by atoms with Gasteiger partial charge in [-0.15, -0.1) is 11.3 Å². The van der Waals surface area contributed by atoms with E-state index in [1.807, 2.05) is 36.9 Å². The SMILES string of the molecule is c1ccc2sc(-c3cnc(CCc4ccncc4)cn3)cc2c1. The minimum atomic E-state index is 0.893. The Hall–Kier alpha value is -2.59. The van der Waals surface area contributed by atoms with Crippen molar-refractivity contribution in [2.45, 2.75) is 12.8 Å². The maximum absolute atomic E-state index is 4.59. The molecule has 0 amide bonds. The van der Waals surface area contributed by atoms with E-state index in [4.69, 9.17) is 0 Å². The van der Waals surface area contributed by atoms with Crippen molar-refractivity contribution in [3.63, 3.8) is 0 Å². The fourth-order valence-electron chi connectivity index (χ4n) is 2.54. The van der Waals surface area contributed by atoms with Crippen LogP contribution in [0.2, 0.25) is 0 Å². The van der Waals surface area contributed by atoms with Gasteiger partial charge in [-0.2, -0.15) is 0 Å². The Labute approximate surface area is 138 Å². The summed E-state index contributed by atoms with van der Waals surface area (Å²) in [5, 5.41) is 1.26. The van der Waals surface area contributed by atoms with Crippen molar-refractivity contribution in [3.8, 4) is 10.6 Å². The van der Waals surface area contributed by atoms with E-state index in [1.165, 1.54) is 20.5 Å². The molecule has 0 spiro atoms. The van der Waals surface area contributed by atoms with Crippen LogP contribution < -0.4 is 0 Å². The van der Waals surface area contributed by atoms with E-state index < -0.39 is 0 Å². The molecular formula is C19H15N3S. The van der Waals surface area contributed by atoms with Crippen LogP contribution in [0.15, 0.2) is 67.3 Å². The highest BCUT2D eigenvalue weighted by molar-refractivity contribution is 7.22. The highest BCUT2D eigenvalue weighted by atomic mass is 32.1. The van der Waals surface area contributed by atoms with Gasteiger partial charge in [0, 0.05) is 23.3 Å². The van der Waals surface area contributed by atoms with E-state index in [-0.39, 0.29) is 0 Å². The van der Waals surface area contributed by atoms with Crippen molar-refractivity contribution in [3.05, 3.63) is 78.5 Å². The summed E-state index contributed by atoms with van der Waals surface area (Å²) in [5.74, 6) is 0. The number of pyridine rings is 1. The number of benzene rings is 1. The van der Waals surface area contributed by atoms with E-state index >= 15 is 0 Å². The van der Waals surface area contributed by atoms with Crippen LogP contribution in [0.3, 0.4) is 0 Å². The van der Waals surface area contributed by atoms with Crippen molar-refractivity contribution < 1.29 is 0 Å². The molecule has 3 aromatic heterocycles. The number of aromatic nitrogens is 3. The smallest absolute Gasteiger partial charge is 0.0985 e. The van der Waals surface area contributed by atoms with Crippen LogP contribution in [0.25, 0.3) is 20.7 Å². The zero-order chi connectivity index (χ0) is 15.5. The summed E-state index contributed by atoms with van der Waals surface area (Å²) in [6.07, 6.45) is 9.27. The number of rotatable bonds is 4. The van der Waals surface area contributed by atoms with E-state index in [1.54, 1.807) is 11.3 Å². The third kappa shape index (κ3) is 3.12. The van der Waals surface area contributed by atoms with Crippen molar-refractivity contribution in [1.29, 1.82) is 0 Å². The summed E-state index contributed by atoms with van der Waals surface area (Å²) in [7, 11) is 0. The van der Waals surface area contributed by atoms with Gasteiger partial charge in [0.25, 0.3) is 0 Å². The molecule has 0 radical (unpaired) electrons. The number of aryl methyl sites for hydroxylation is 2. The molecule has 1 aromatic carbocycles. The predicted octanol–water partition coefficient (Wildman–Crippen LogP) is 4.54. The summed E-state index contributed by atoms with van der Waals surface area (Å²) in [6.45, 7) is 0. The molecule has 0 saturated carbocycles. The molecule has 0 atom stereocenters. The number of nitrogens with zero attached hydrogens (tertiary/aromatic N) is 3. The normalized spacial score (nSPS) is 11.0. The molecule has 4 rings (SSSR count). The van der Waals surface area contributed by atoms with Crippen molar-refractivity contribution in [2.75, 3.05) is 0 Å². The van der Waals surface area contributed by atoms with Gasteiger partial charge in [-0.1, -0.05) is 18.2 Å². The zero-order valence-corrected chi connectivity index (χ0v) is 13.3. The molecule has 0 aliphatic rings. The number of hydrogen-bond donors (Lipinski definition) is 0. The molecule has 0 saturated heterocycles. The Bertz CT molecular complexity index is 881. The van der Waals surface area contributed by atoms with E-state index in [0.29, 0.717) is 0 Å². The molecule has 0 bridgehead atoms. The predicted molar refractivity (Wildman–Crippen MR) is 94.5 cm³/mol. The summed E-state index contributed by atoms with van der Waals surface area (Å²) in [4.78, 5) is 14.4. The molecule has 0 unspecified atom stereocenters. The molecule has 3 nitrogen and oxygen atoms in total. The van der Waals surface area contributed by atoms with Gasteiger partial charge in [0.2, 0.25) is 0 Å². The lowest BCUT2D eigenvalue weighted by molar-refractivity contribution is 0.898. The average molecular weight is 317 g/mol. The Morgan fingerprint density at radius 2 is 1.74 bits per heavy atom. The van der Waals surface area contributed by atoms with Crippen molar-refractivity contribution in [2.24, 2.45) is 0 Å². The van der Waals surface area contributed by atoms with Gasteiger partial charge in [-0.3, -0.25) is 15.0 Å². The Kier molecular flexibility index (Phi) is 3.82. The lowest BCUT2D eigenvalue weighted by atomic mass is 10.1. The van der Waals surface area contributed by atoms with Gasteiger partial charge in [0.15, 0.2) is 0 Å². The monoisotopic (exact) mass is 317 g/mol. The second-order valence-corrected chi connectivity index (χ2v) is 6.48. The molecule has 112 valence electrons. The highest BCUT2D eigenvalue weighted by Crippen LogP contribution is 2.31. The lowest BCUT2D eigenvalue weighted by Gasteiger charge is -2.02. The largest absolute Gasteiger partial charge is 0.265 e. The molecule has 0 aliphatic heterocycles. The van der Waals surface area contributed by atoms with Crippen molar-refractivity contribution >= 4 is 21.4 Å².